The largest absolute Gasteiger partial charge is 0.497 e. The minimum Gasteiger partial charge on any atom is -0.497 e. The van der Waals surface area contributed by atoms with Crippen LogP contribution in [0, 0.1) is 0 Å². The molecule has 0 saturated carbocycles. The smallest absolute Gasteiger partial charge is 0.119 e. The molecule has 1 N–H and O–H groups in total. The zero-order valence-electron chi connectivity index (χ0n) is 17.0. The normalized spacial score (nSPS) is 9.22. The van der Waals surface area contributed by atoms with Crippen LogP contribution in [-0.4, -0.2) is 12.1 Å². The van der Waals surface area contributed by atoms with Crippen LogP contribution in [0.1, 0.15) is 39.0 Å². The number of hydrogen-bond donors (Lipinski definition) is 1. The van der Waals surface area contributed by atoms with E-state index < -0.39 is 0 Å². The Hall–Kier alpha value is -3.07. The van der Waals surface area contributed by atoms with E-state index in [0.717, 1.165) is 39.3 Å². The number of anilines is 2. The summed E-state index contributed by atoms with van der Waals surface area (Å²) in [5.41, 5.74) is 4.62. The van der Waals surface area contributed by atoms with Crippen molar-refractivity contribution in [1.82, 2.24) is 4.98 Å². The van der Waals surface area contributed by atoms with E-state index in [1.54, 1.807) is 13.2 Å². The Morgan fingerprint density at radius 1 is 0.889 bits per heavy atom. The van der Waals surface area contributed by atoms with Crippen molar-refractivity contribution in [2.24, 2.45) is 0 Å². The van der Waals surface area contributed by atoms with Gasteiger partial charge >= 0.3 is 0 Å². The molecule has 27 heavy (non-hydrogen) atoms. The maximum atomic E-state index is 5.20. The van der Waals surface area contributed by atoms with E-state index in [2.05, 4.69) is 23.5 Å². The van der Waals surface area contributed by atoms with Gasteiger partial charge in [0.15, 0.2) is 0 Å². The molecule has 0 saturated heterocycles. The molecule has 1 aromatic heterocycles. The number of methoxy groups -OCH3 is 1. The quantitative estimate of drug-likeness (QED) is 0.516. The van der Waals surface area contributed by atoms with E-state index in [1.165, 1.54) is 0 Å². The lowest BCUT2D eigenvalue weighted by Crippen LogP contribution is -1.99. The van der Waals surface area contributed by atoms with Crippen LogP contribution in [0.5, 0.6) is 5.75 Å². The molecule has 0 bridgehead atoms. The first-order valence-electron chi connectivity index (χ1n) is 9.35. The van der Waals surface area contributed by atoms with Crippen molar-refractivity contribution in [3.8, 4) is 5.75 Å². The first-order valence-corrected chi connectivity index (χ1v) is 9.35. The van der Waals surface area contributed by atoms with Gasteiger partial charge in [0.2, 0.25) is 0 Å². The topological polar surface area (TPSA) is 34.2 Å². The fraction of sp³-hybridized carbons (Fsp3) is 0.208. The summed E-state index contributed by atoms with van der Waals surface area (Å²) >= 11 is 0. The minimum absolute atomic E-state index is 0.815. The monoisotopic (exact) mass is 362 g/mol. The predicted molar refractivity (Wildman–Crippen MR) is 121 cm³/mol. The van der Waals surface area contributed by atoms with Gasteiger partial charge in [-0.25, -0.2) is 4.98 Å². The van der Waals surface area contributed by atoms with Crippen LogP contribution in [0.2, 0.25) is 0 Å². The second-order valence-electron chi connectivity index (χ2n) is 5.06. The highest BCUT2D eigenvalue weighted by molar-refractivity contribution is 5.99. The molecule has 142 valence electrons. The highest BCUT2D eigenvalue weighted by atomic mass is 16.5. The lowest BCUT2D eigenvalue weighted by atomic mass is 10.0. The maximum absolute atomic E-state index is 5.20. The third-order valence-electron chi connectivity index (χ3n) is 3.72. The molecule has 3 rings (SSSR count). The molecule has 0 radical (unpaired) electrons. The van der Waals surface area contributed by atoms with Gasteiger partial charge in [-0.15, -0.1) is 0 Å². The Labute approximate surface area is 163 Å². The number of benzene rings is 2. The number of pyridine rings is 1. The van der Waals surface area contributed by atoms with Gasteiger partial charge in [0, 0.05) is 16.6 Å². The Morgan fingerprint density at radius 3 is 2.07 bits per heavy atom. The van der Waals surface area contributed by atoms with Gasteiger partial charge in [0.1, 0.15) is 5.75 Å². The predicted octanol–water partition coefficient (Wildman–Crippen LogP) is 7.33. The second kappa shape index (κ2) is 11.5. The van der Waals surface area contributed by atoms with Gasteiger partial charge in [0.25, 0.3) is 0 Å². The first kappa shape index (κ1) is 22.0. The molecule has 1 heterocycles. The molecule has 0 aliphatic carbocycles. The SMILES string of the molecule is C=Cc1nc2ccccc2c(Nc2ccc(OC)cc2)c1C=C.CC.CC. The average molecular weight is 363 g/mol. The van der Waals surface area contributed by atoms with Crippen molar-refractivity contribution >= 4 is 34.4 Å². The van der Waals surface area contributed by atoms with Gasteiger partial charge in [-0.05, 0) is 36.4 Å². The summed E-state index contributed by atoms with van der Waals surface area (Å²) in [6.07, 6.45) is 3.56. The summed E-state index contributed by atoms with van der Waals surface area (Å²) in [7, 11) is 1.66. The van der Waals surface area contributed by atoms with E-state index in [9.17, 15) is 0 Å². The van der Waals surface area contributed by atoms with E-state index in [-0.39, 0.29) is 0 Å². The van der Waals surface area contributed by atoms with Gasteiger partial charge in [-0.1, -0.05) is 65.1 Å². The molecule has 0 fully saturated rings. The van der Waals surface area contributed by atoms with Crippen molar-refractivity contribution in [2.75, 3.05) is 12.4 Å². The minimum atomic E-state index is 0.815. The number of aromatic nitrogens is 1. The number of fused-ring (bicyclic) bond motifs is 1. The summed E-state index contributed by atoms with van der Waals surface area (Å²) in [6.45, 7) is 15.8. The van der Waals surface area contributed by atoms with Crippen molar-refractivity contribution in [3.63, 3.8) is 0 Å². The number of nitrogens with one attached hydrogen (secondary N) is 1. The Bertz CT molecular complexity index is 867. The van der Waals surface area contributed by atoms with Gasteiger partial charge in [-0.2, -0.15) is 0 Å². The highest BCUT2D eigenvalue weighted by Crippen LogP contribution is 2.32. The Balaban J connectivity index is 0.000000855. The lowest BCUT2D eigenvalue weighted by Gasteiger charge is -2.15. The standard InChI is InChI=1S/C20H18N2O.2C2H6/c1-4-16-18(5-2)22-19-9-7-6-8-17(19)20(16)21-14-10-12-15(23-3)13-11-14;2*1-2/h4-13H,1-2H2,3H3,(H,21,22);2*1-2H3. The molecule has 0 aliphatic rings. The van der Waals surface area contributed by atoms with Crippen LogP contribution in [0.3, 0.4) is 0 Å². The number of hydrogen-bond acceptors (Lipinski definition) is 3. The summed E-state index contributed by atoms with van der Waals surface area (Å²) in [4.78, 5) is 4.64. The maximum Gasteiger partial charge on any atom is 0.119 e. The molecular weight excluding hydrogens is 332 g/mol. The molecule has 3 heteroatoms. The Morgan fingerprint density at radius 2 is 1.52 bits per heavy atom. The first-order chi connectivity index (χ1) is 13.3. The molecule has 2 aromatic carbocycles. The summed E-state index contributed by atoms with van der Waals surface area (Å²) in [6, 6.07) is 15.8. The molecule has 0 atom stereocenters. The molecule has 3 aromatic rings. The molecule has 0 amide bonds. The average Bonchev–Trinajstić information content (AvgIpc) is 2.76. The third kappa shape index (κ3) is 5.20. The van der Waals surface area contributed by atoms with Crippen LogP contribution in [0.25, 0.3) is 23.1 Å². The van der Waals surface area contributed by atoms with E-state index in [4.69, 9.17) is 4.74 Å². The van der Waals surface area contributed by atoms with Crippen LogP contribution in [0.15, 0.2) is 61.7 Å². The van der Waals surface area contributed by atoms with Crippen molar-refractivity contribution in [2.45, 2.75) is 27.7 Å². The summed E-state index contributed by atoms with van der Waals surface area (Å²) in [5, 5.41) is 4.52. The molecule has 0 aliphatic heterocycles. The van der Waals surface area contributed by atoms with E-state index >= 15 is 0 Å². The third-order valence-corrected chi connectivity index (χ3v) is 3.72. The Kier molecular flexibility index (Phi) is 9.38. The summed E-state index contributed by atoms with van der Waals surface area (Å²) in [5.74, 6) is 0.825. The zero-order valence-corrected chi connectivity index (χ0v) is 17.0. The number of ether oxygens (including phenoxy) is 1. The van der Waals surface area contributed by atoms with E-state index in [1.807, 2.05) is 82.3 Å². The van der Waals surface area contributed by atoms with Gasteiger partial charge in [0.05, 0.1) is 24.0 Å². The zero-order chi connectivity index (χ0) is 20.2. The number of rotatable bonds is 5. The van der Waals surface area contributed by atoms with Gasteiger partial charge < -0.3 is 10.1 Å². The van der Waals surface area contributed by atoms with Crippen LogP contribution in [-0.2, 0) is 0 Å². The fourth-order valence-electron chi connectivity index (χ4n) is 2.56. The second-order valence-corrected chi connectivity index (χ2v) is 5.06. The number of nitrogens with zero attached hydrogens (tertiary/aromatic N) is 1. The number of para-hydroxylation sites is 1. The van der Waals surface area contributed by atoms with Gasteiger partial charge in [-0.3, -0.25) is 0 Å². The molecule has 0 spiro atoms. The fourth-order valence-corrected chi connectivity index (χ4v) is 2.56. The molecular formula is C24H30N2O. The van der Waals surface area contributed by atoms with Crippen LogP contribution in [0.4, 0.5) is 11.4 Å². The van der Waals surface area contributed by atoms with Crippen molar-refractivity contribution in [3.05, 3.63) is 72.9 Å². The van der Waals surface area contributed by atoms with Crippen LogP contribution < -0.4 is 10.1 Å². The molecule has 3 nitrogen and oxygen atoms in total. The van der Waals surface area contributed by atoms with E-state index in [0.29, 0.717) is 0 Å². The van der Waals surface area contributed by atoms with Crippen molar-refractivity contribution < 1.29 is 4.74 Å². The van der Waals surface area contributed by atoms with Crippen LogP contribution >= 0.6 is 0 Å². The lowest BCUT2D eigenvalue weighted by molar-refractivity contribution is 0.415. The molecule has 0 unspecified atom stereocenters. The summed E-state index contributed by atoms with van der Waals surface area (Å²) < 4.78 is 5.20. The highest BCUT2D eigenvalue weighted by Gasteiger charge is 2.11. The van der Waals surface area contributed by atoms with Crippen molar-refractivity contribution in [1.29, 1.82) is 0 Å².